The maximum Gasteiger partial charge on any atom is 0.129 e. The van der Waals surface area contributed by atoms with Crippen molar-refractivity contribution in [2.75, 3.05) is 44.0 Å². The Morgan fingerprint density at radius 3 is 2.73 bits per heavy atom. The maximum absolute atomic E-state index is 8.63. The maximum atomic E-state index is 8.63. The summed E-state index contributed by atoms with van der Waals surface area (Å²) in [5, 5.41) is 11.5. The third kappa shape index (κ3) is 3.78. The molecule has 136 valence electrons. The van der Waals surface area contributed by atoms with Gasteiger partial charge in [-0.25, -0.2) is 4.98 Å². The first-order valence-corrected chi connectivity index (χ1v) is 8.51. The molecule has 0 unspecified atom stereocenters. The molecule has 0 spiro atoms. The van der Waals surface area contributed by atoms with Crippen LogP contribution in [0.5, 0.6) is 0 Å². The molecule has 0 atom stereocenters. The number of aromatic nitrogens is 1. The van der Waals surface area contributed by atoms with Crippen molar-refractivity contribution in [2.24, 2.45) is 5.73 Å². The molecule has 2 heterocycles. The number of hydrogen-bond acceptors (Lipinski definition) is 7. The summed E-state index contributed by atoms with van der Waals surface area (Å²) in [6.45, 7) is 2.98. The molecule has 7 nitrogen and oxygen atoms in total. The number of nitrogen functional groups attached to an aromatic ring is 1. The number of nitrogens with two attached hydrogens (primary N) is 2. The summed E-state index contributed by atoms with van der Waals surface area (Å²) in [5.41, 5.74) is 15.9. The molecule has 0 radical (unpaired) electrons. The highest BCUT2D eigenvalue weighted by Crippen LogP contribution is 2.23. The molecule has 7 heteroatoms. The number of rotatable bonds is 5. The van der Waals surface area contributed by atoms with Crippen LogP contribution in [-0.2, 0) is 4.74 Å². The van der Waals surface area contributed by atoms with Crippen LogP contribution in [0.4, 0.5) is 11.5 Å². The van der Waals surface area contributed by atoms with E-state index in [1.54, 1.807) is 25.5 Å². The van der Waals surface area contributed by atoms with Crippen LogP contribution < -0.4 is 21.7 Å². The van der Waals surface area contributed by atoms with Gasteiger partial charge < -0.3 is 26.4 Å². The van der Waals surface area contributed by atoms with Crippen molar-refractivity contribution < 1.29 is 4.74 Å². The number of nitrogens with one attached hydrogen (secondary N) is 2. The zero-order valence-corrected chi connectivity index (χ0v) is 14.8. The highest BCUT2D eigenvalue weighted by atomic mass is 16.5. The third-order valence-corrected chi connectivity index (χ3v) is 4.33. The van der Waals surface area contributed by atoms with E-state index in [1.165, 1.54) is 0 Å². The fourth-order valence-corrected chi connectivity index (χ4v) is 2.89. The van der Waals surface area contributed by atoms with Crippen molar-refractivity contribution in [2.45, 2.75) is 0 Å². The fraction of sp³-hybridized carbons (Fsp3) is 0.263. The first kappa shape index (κ1) is 17.8. The number of hydrogen-bond donors (Lipinski definition) is 4. The lowest BCUT2D eigenvalue weighted by molar-refractivity contribution is 0.122. The molecule has 1 saturated heterocycles. The Hall–Kier alpha value is -3.06. The summed E-state index contributed by atoms with van der Waals surface area (Å²) in [6, 6.07) is 9.22. The van der Waals surface area contributed by atoms with Gasteiger partial charge in [-0.05, 0) is 29.8 Å². The first-order valence-electron chi connectivity index (χ1n) is 8.51. The van der Waals surface area contributed by atoms with Gasteiger partial charge in [0.25, 0.3) is 0 Å². The minimum absolute atomic E-state index is 0.346. The van der Waals surface area contributed by atoms with Crippen molar-refractivity contribution in [3.8, 4) is 0 Å². The number of benzene rings is 1. The van der Waals surface area contributed by atoms with Crippen molar-refractivity contribution in [1.29, 1.82) is 5.41 Å². The van der Waals surface area contributed by atoms with Gasteiger partial charge in [-0.15, -0.1) is 0 Å². The van der Waals surface area contributed by atoms with E-state index in [0.717, 1.165) is 30.0 Å². The normalized spacial score (nSPS) is 15.0. The second-order valence-electron chi connectivity index (χ2n) is 6.07. The van der Waals surface area contributed by atoms with Crippen molar-refractivity contribution in [3.05, 3.63) is 59.4 Å². The lowest BCUT2D eigenvalue weighted by atomic mass is 9.98. The Labute approximate surface area is 153 Å². The van der Waals surface area contributed by atoms with E-state index in [2.05, 4.69) is 15.2 Å². The van der Waals surface area contributed by atoms with E-state index in [0.29, 0.717) is 35.9 Å². The lowest BCUT2D eigenvalue weighted by Crippen LogP contribution is -2.36. The number of anilines is 2. The Morgan fingerprint density at radius 1 is 1.23 bits per heavy atom. The average Bonchev–Trinajstić information content (AvgIpc) is 2.69. The summed E-state index contributed by atoms with van der Waals surface area (Å²) in [4.78, 5) is 6.60. The molecule has 0 aliphatic carbocycles. The molecular formula is C19H24N6O. The van der Waals surface area contributed by atoms with Gasteiger partial charge in [-0.3, -0.25) is 5.41 Å². The van der Waals surface area contributed by atoms with Gasteiger partial charge in [-0.2, -0.15) is 0 Å². The van der Waals surface area contributed by atoms with E-state index in [-0.39, 0.29) is 0 Å². The van der Waals surface area contributed by atoms with Crippen LogP contribution in [0.25, 0.3) is 5.70 Å². The molecule has 0 bridgehead atoms. The van der Waals surface area contributed by atoms with Crippen LogP contribution in [0.3, 0.4) is 0 Å². The summed E-state index contributed by atoms with van der Waals surface area (Å²) in [5.74, 6) is 0.847. The minimum Gasteiger partial charge on any atom is -0.398 e. The lowest BCUT2D eigenvalue weighted by Gasteiger charge is -2.28. The smallest absolute Gasteiger partial charge is 0.129 e. The van der Waals surface area contributed by atoms with Crippen LogP contribution >= 0.6 is 0 Å². The van der Waals surface area contributed by atoms with Crippen molar-refractivity contribution in [1.82, 2.24) is 10.3 Å². The zero-order valence-electron chi connectivity index (χ0n) is 14.8. The number of ether oxygens (including phenoxy) is 1. The Kier molecular flexibility index (Phi) is 5.38. The standard InChI is InChI=1S/C19H24N6O/c1-23-12-17(21)13-2-3-16(20)15(10-13)19(22)14-4-5-24-18(11-14)25-6-8-26-9-7-25/h2-5,10-12,22-23H,6-9,20-21H2,1H3/b17-12-,22-19?. The van der Waals surface area contributed by atoms with Crippen molar-refractivity contribution in [3.63, 3.8) is 0 Å². The summed E-state index contributed by atoms with van der Waals surface area (Å²) < 4.78 is 5.39. The van der Waals surface area contributed by atoms with Gasteiger partial charge in [0.15, 0.2) is 0 Å². The topological polar surface area (TPSA) is 113 Å². The third-order valence-electron chi connectivity index (χ3n) is 4.33. The number of morpholine rings is 1. The number of pyridine rings is 1. The van der Waals surface area contributed by atoms with E-state index in [1.807, 2.05) is 24.3 Å². The molecule has 1 aliphatic rings. The monoisotopic (exact) mass is 352 g/mol. The Balaban J connectivity index is 1.92. The molecule has 1 aliphatic heterocycles. The summed E-state index contributed by atoms with van der Waals surface area (Å²) >= 11 is 0. The molecule has 0 saturated carbocycles. The van der Waals surface area contributed by atoms with Gasteiger partial charge in [0.1, 0.15) is 5.82 Å². The molecule has 1 fully saturated rings. The summed E-state index contributed by atoms with van der Waals surface area (Å²) in [7, 11) is 1.79. The SMILES string of the molecule is CN/C=C(\N)c1ccc(N)c(C(=N)c2ccnc(N3CCOCC3)c2)c1. The van der Waals surface area contributed by atoms with Gasteiger partial charge >= 0.3 is 0 Å². The minimum atomic E-state index is 0.346. The summed E-state index contributed by atoms with van der Waals surface area (Å²) in [6.07, 6.45) is 3.44. The van der Waals surface area contributed by atoms with Crippen molar-refractivity contribution >= 4 is 22.9 Å². The predicted molar refractivity (Wildman–Crippen MR) is 105 cm³/mol. The van der Waals surface area contributed by atoms with Gasteiger partial charge in [0, 0.05) is 49.3 Å². The average molecular weight is 352 g/mol. The predicted octanol–water partition coefficient (Wildman–Crippen LogP) is 1.39. The molecule has 3 rings (SSSR count). The first-order chi connectivity index (χ1) is 12.6. The zero-order chi connectivity index (χ0) is 18.5. The molecule has 2 aromatic rings. The molecular weight excluding hydrogens is 328 g/mol. The van der Waals surface area contributed by atoms with Crippen LogP contribution in [0, 0.1) is 5.41 Å². The molecule has 6 N–H and O–H groups in total. The molecule has 26 heavy (non-hydrogen) atoms. The van der Waals surface area contributed by atoms with Crippen LogP contribution in [-0.4, -0.2) is 44.0 Å². The highest BCUT2D eigenvalue weighted by molar-refractivity contribution is 6.14. The largest absolute Gasteiger partial charge is 0.398 e. The van der Waals surface area contributed by atoms with Gasteiger partial charge in [0.2, 0.25) is 0 Å². The molecule has 0 amide bonds. The Bertz CT molecular complexity index is 827. The van der Waals surface area contributed by atoms with Crippen LogP contribution in [0.2, 0.25) is 0 Å². The van der Waals surface area contributed by atoms with E-state index in [4.69, 9.17) is 21.6 Å². The molecule has 1 aromatic heterocycles. The number of nitrogens with zero attached hydrogens (tertiary/aromatic N) is 2. The Morgan fingerprint density at radius 2 is 2.00 bits per heavy atom. The fourth-order valence-electron chi connectivity index (χ4n) is 2.89. The highest BCUT2D eigenvalue weighted by Gasteiger charge is 2.15. The molecule has 1 aromatic carbocycles. The van der Waals surface area contributed by atoms with Gasteiger partial charge in [-0.1, -0.05) is 6.07 Å². The van der Waals surface area contributed by atoms with E-state index < -0.39 is 0 Å². The van der Waals surface area contributed by atoms with Crippen LogP contribution in [0.1, 0.15) is 16.7 Å². The quantitative estimate of drug-likeness (QED) is 0.478. The van der Waals surface area contributed by atoms with E-state index >= 15 is 0 Å². The van der Waals surface area contributed by atoms with Gasteiger partial charge in [0.05, 0.1) is 24.6 Å². The van der Waals surface area contributed by atoms with E-state index in [9.17, 15) is 0 Å². The second kappa shape index (κ2) is 7.88. The second-order valence-corrected chi connectivity index (χ2v) is 6.07. The van der Waals surface area contributed by atoms with Crippen LogP contribution in [0.15, 0.2) is 42.7 Å².